The van der Waals surface area contributed by atoms with Gasteiger partial charge in [0.2, 0.25) is 0 Å². The Morgan fingerprint density at radius 3 is 0.977 bits per heavy atom. The minimum absolute atomic E-state index is 0.152. The molecule has 43 heavy (non-hydrogen) atoms. The van der Waals surface area contributed by atoms with Crippen molar-refractivity contribution in [1.82, 2.24) is 0 Å². The smallest absolute Gasteiger partial charge is 0.108 e. The van der Waals surface area contributed by atoms with Gasteiger partial charge in [-0.1, -0.05) is 200 Å². The van der Waals surface area contributed by atoms with Crippen LogP contribution >= 0.6 is 9.24 Å². The quantitative estimate of drug-likeness (QED) is 0.140. The average molecular weight is 583 g/mol. The summed E-state index contributed by atoms with van der Waals surface area (Å²) in [5.41, 5.74) is 8.41. The van der Waals surface area contributed by atoms with Crippen molar-refractivity contribution in [3.63, 3.8) is 0 Å². The molecule has 0 nitrogen and oxygen atoms in total. The zero-order valence-electron chi connectivity index (χ0n) is 26.9. The first-order valence-corrected chi connectivity index (χ1v) is 16.1. The van der Waals surface area contributed by atoms with Crippen LogP contribution in [0.4, 0.5) is 0 Å². The first kappa shape index (κ1) is 32.3. The minimum atomic E-state index is -1.22. The first-order valence-electron chi connectivity index (χ1n) is 15.4. The largest absolute Gasteiger partial charge is 0.195 e. The molecule has 0 saturated carbocycles. The van der Waals surface area contributed by atoms with Crippen LogP contribution in [0.1, 0.15) is 52.7 Å². The van der Waals surface area contributed by atoms with Gasteiger partial charge in [0.25, 0.3) is 0 Å². The molecule has 220 valence electrons. The molecule has 0 bridgehead atoms. The first-order chi connectivity index (χ1) is 20.5. The van der Waals surface area contributed by atoms with Gasteiger partial charge in [0.05, 0.1) is 0 Å². The predicted molar refractivity (Wildman–Crippen MR) is 198 cm³/mol. The van der Waals surface area contributed by atoms with E-state index in [9.17, 15) is 0 Å². The lowest BCUT2D eigenvalue weighted by Crippen LogP contribution is -2.74. The van der Waals surface area contributed by atoms with Gasteiger partial charge in [-0.05, 0) is 20.4 Å². The Morgan fingerprint density at radius 2 is 0.744 bits per heavy atom. The third-order valence-electron chi connectivity index (χ3n) is 9.40. The van der Waals surface area contributed by atoms with Crippen LogP contribution in [-0.4, -0.2) is 6.15 Å². The van der Waals surface area contributed by atoms with Gasteiger partial charge in [0, 0.05) is 10.8 Å². The molecule has 2 heteroatoms. The maximum Gasteiger partial charge on any atom is 0.108 e. The zero-order chi connectivity index (χ0) is 31.1. The second kappa shape index (κ2) is 13.3. The average Bonchev–Trinajstić information content (AvgIpc) is 3.02. The van der Waals surface area contributed by atoms with Crippen LogP contribution in [0, 0.1) is 10.8 Å². The lowest BCUT2D eigenvalue weighted by atomic mass is 9.13. The summed E-state index contributed by atoms with van der Waals surface area (Å²) in [6.07, 6.45) is 0.685. The van der Waals surface area contributed by atoms with Crippen LogP contribution < -0.4 is 21.9 Å². The Balaban J connectivity index is 0.000000209. The van der Waals surface area contributed by atoms with E-state index in [1.165, 1.54) is 33.0 Å². The topological polar surface area (TPSA) is 0 Å². The van der Waals surface area contributed by atoms with Gasteiger partial charge in [0.15, 0.2) is 0 Å². The van der Waals surface area contributed by atoms with Gasteiger partial charge in [0.1, 0.15) is 11.3 Å². The van der Waals surface area contributed by atoms with Crippen molar-refractivity contribution in [3.05, 3.63) is 163 Å². The standard InChI is InChI=1S/C24H20B.C17H27P/c1-5-13-21(14-6-1)25(22-15-7-2-8-16-22,23-17-9-3-10-18-23)24-19-11-4-12-20-24;1-8-13-9-11-14(12-10-13)17(18,15(2,3)4)16(5,6)7/h1-20H;8-12H,1,18H2,2-7H3/q-1;/p+1. The predicted octanol–water partition coefficient (Wildman–Crippen LogP) is 8.29. The van der Waals surface area contributed by atoms with Crippen LogP contribution in [0.2, 0.25) is 0 Å². The molecule has 1 unspecified atom stereocenters. The number of hydrogen-bond donors (Lipinski definition) is 0. The van der Waals surface area contributed by atoms with E-state index < -0.39 is 6.15 Å². The third-order valence-corrected chi connectivity index (χ3v) is 11.9. The van der Waals surface area contributed by atoms with E-state index in [0.717, 1.165) is 0 Å². The summed E-state index contributed by atoms with van der Waals surface area (Å²) in [5.74, 6) is 0. The van der Waals surface area contributed by atoms with E-state index in [1.807, 2.05) is 6.08 Å². The van der Waals surface area contributed by atoms with Gasteiger partial charge in [-0.15, -0.1) is 0 Å². The normalized spacial score (nSPS) is 12.2. The van der Waals surface area contributed by atoms with E-state index in [2.05, 4.69) is 203 Å². The maximum atomic E-state index is 3.82. The highest BCUT2D eigenvalue weighted by molar-refractivity contribution is 7.20. The fourth-order valence-electron chi connectivity index (χ4n) is 7.02. The van der Waals surface area contributed by atoms with Crippen molar-refractivity contribution in [2.75, 3.05) is 0 Å². The van der Waals surface area contributed by atoms with E-state index in [1.54, 1.807) is 0 Å². The van der Waals surface area contributed by atoms with Gasteiger partial charge < -0.3 is 0 Å². The lowest BCUT2D eigenvalue weighted by Gasteiger charge is -2.47. The molecule has 0 heterocycles. The van der Waals surface area contributed by atoms with E-state index in [0.29, 0.717) is 0 Å². The molecule has 0 aromatic heterocycles. The fourth-order valence-corrected chi connectivity index (χ4v) is 7.25. The van der Waals surface area contributed by atoms with Crippen molar-refractivity contribution in [1.29, 1.82) is 0 Å². The van der Waals surface area contributed by atoms with Crippen LogP contribution in [-0.2, 0) is 5.16 Å². The fraction of sp³-hybridized carbons (Fsp3) is 0.220. The Labute approximate surface area is 263 Å². The van der Waals surface area contributed by atoms with Crippen molar-refractivity contribution >= 4 is 43.3 Å². The molecule has 0 spiro atoms. The molecule has 0 aliphatic rings. The SMILES string of the molecule is C=Cc1ccc(C([PH3+])(C(C)(C)C)C(C)(C)C)cc1.c1ccc([B-](c2ccccc2)(c2ccccc2)c2ccccc2)cc1. The molecule has 0 saturated heterocycles. The van der Waals surface area contributed by atoms with Crippen LogP contribution in [0.3, 0.4) is 0 Å². The van der Waals surface area contributed by atoms with E-state index >= 15 is 0 Å². The second-order valence-corrected chi connectivity index (χ2v) is 14.8. The van der Waals surface area contributed by atoms with Crippen LogP contribution in [0.25, 0.3) is 6.08 Å². The lowest BCUT2D eigenvalue weighted by molar-refractivity contribution is 0.140. The summed E-state index contributed by atoms with van der Waals surface area (Å²) >= 11 is 0. The molecule has 0 fully saturated rings. The van der Waals surface area contributed by atoms with E-state index in [-0.39, 0.29) is 16.0 Å². The molecule has 1 atom stereocenters. The Bertz CT molecular complexity index is 1380. The van der Waals surface area contributed by atoms with Gasteiger partial charge >= 0.3 is 0 Å². The van der Waals surface area contributed by atoms with Crippen molar-refractivity contribution in [2.45, 2.75) is 46.7 Å². The second-order valence-electron chi connectivity index (χ2n) is 13.7. The molecule has 0 aliphatic heterocycles. The highest BCUT2D eigenvalue weighted by atomic mass is 31.0. The molecular formula is C41H48BP. The third kappa shape index (κ3) is 6.49. The molecular weight excluding hydrogens is 534 g/mol. The highest BCUT2D eigenvalue weighted by Gasteiger charge is 2.52. The summed E-state index contributed by atoms with van der Waals surface area (Å²) in [6.45, 7) is 17.9. The summed E-state index contributed by atoms with van der Waals surface area (Å²) in [6, 6.07) is 52.4. The molecule has 5 aromatic carbocycles. The van der Waals surface area contributed by atoms with Crippen molar-refractivity contribution in [3.8, 4) is 0 Å². The molecule has 0 amide bonds. The molecule has 0 N–H and O–H groups in total. The summed E-state index contributed by atoms with van der Waals surface area (Å²) < 4.78 is 0. The van der Waals surface area contributed by atoms with Gasteiger partial charge in [-0.3, -0.25) is 0 Å². The summed E-state index contributed by atoms with van der Waals surface area (Å²) in [7, 11) is 2.14. The number of rotatable bonds is 6. The Hall–Kier alpha value is -3.67. The Morgan fingerprint density at radius 1 is 0.465 bits per heavy atom. The minimum Gasteiger partial charge on any atom is -0.195 e. The van der Waals surface area contributed by atoms with Gasteiger partial charge in [-0.2, -0.15) is 21.9 Å². The zero-order valence-corrected chi connectivity index (χ0v) is 28.3. The molecule has 5 rings (SSSR count). The summed E-state index contributed by atoms with van der Waals surface area (Å²) in [5, 5.41) is 0.152. The molecule has 0 radical (unpaired) electrons. The highest BCUT2D eigenvalue weighted by Crippen LogP contribution is 2.57. The summed E-state index contributed by atoms with van der Waals surface area (Å²) in [4.78, 5) is 0. The van der Waals surface area contributed by atoms with Gasteiger partial charge in [-0.25, -0.2) is 0 Å². The molecule has 5 aromatic rings. The monoisotopic (exact) mass is 582 g/mol. The van der Waals surface area contributed by atoms with Crippen molar-refractivity contribution < 1.29 is 0 Å². The van der Waals surface area contributed by atoms with Crippen LogP contribution in [0.15, 0.2) is 152 Å². The van der Waals surface area contributed by atoms with Crippen molar-refractivity contribution in [2.24, 2.45) is 10.8 Å². The number of hydrogen-bond acceptors (Lipinski definition) is 0. The molecule has 0 aliphatic carbocycles. The van der Waals surface area contributed by atoms with E-state index in [4.69, 9.17) is 0 Å². The van der Waals surface area contributed by atoms with Crippen LogP contribution in [0.5, 0.6) is 0 Å². The maximum absolute atomic E-state index is 3.82. The Kier molecular flexibility index (Phi) is 9.99. The number of benzene rings is 5.